The number of aromatic nitrogens is 1. The summed E-state index contributed by atoms with van der Waals surface area (Å²) in [5, 5.41) is 22.5. The lowest BCUT2D eigenvalue weighted by molar-refractivity contribution is -0.121. The zero-order valence-electron chi connectivity index (χ0n) is 20.2. The van der Waals surface area contributed by atoms with Crippen molar-refractivity contribution in [2.75, 3.05) is 12.0 Å². The molecule has 2 atom stereocenters. The van der Waals surface area contributed by atoms with Crippen molar-refractivity contribution >= 4 is 17.2 Å². The molecule has 2 aliphatic rings. The quantitative estimate of drug-likeness (QED) is 0.388. The number of aryl methyl sites for hydroxylation is 1. The summed E-state index contributed by atoms with van der Waals surface area (Å²) in [7, 11) is 3.59. The van der Waals surface area contributed by atoms with Crippen molar-refractivity contribution in [3.05, 3.63) is 78.0 Å². The van der Waals surface area contributed by atoms with Crippen LogP contribution in [0, 0.1) is 5.92 Å². The molecule has 2 N–H and O–H groups in total. The van der Waals surface area contributed by atoms with Crippen LogP contribution in [0.15, 0.2) is 72.4 Å². The molecule has 0 spiro atoms. The fraction of sp³-hybridized carbons (Fsp3) is 0.345. The molecule has 6 nitrogen and oxygen atoms in total. The van der Waals surface area contributed by atoms with Gasteiger partial charge >= 0.3 is 0 Å². The minimum atomic E-state index is -1.33. The van der Waals surface area contributed by atoms with Crippen molar-refractivity contribution in [3.63, 3.8) is 0 Å². The molecule has 5 rings (SSSR count). The summed E-state index contributed by atoms with van der Waals surface area (Å²) >= 11 is 0. The van der Waals surface area contributed by atoms with Crippen LogP contribution in [-0.2, 0) is 11.8 Å². The lowest BCUT2D eigenvalue weighted by atomic mass is 9.80. The zero-order chi connectivity index (χ0) is 24.5. The number of carbonyl (C=O) groups excluding carboxylic acids is 1. The summed E-state index contributed by atoms with van der Waals surface area (Å²) in [5.41, 5.74) is 3.78. The van der Waals surface area contributed by atoms with Crippen LogP contribution in [0.3, 0.4) is 0 Å². The van der Waals surface area contributed by atoms with Crippen molar-refractivity contribution in [2.45, 2.75) is 44.4 Å². The van der Waals surface area contributed by atoms with Gasteiger partial charge in [-0.15, -0.1) is 0 Å². The van der Waals surface area contributed by atoms with Gasteiger partial charge in [-0.2, -0.15) is 0 Å². The highest BCUT2D eigenvalue weighted by atomic mass is 16.5. The minimum absolute atomic E-state index is 0.0600. The molecular weight excluding hydrogens is 440 g/mol. The second kappa shape index (κ2) is 9.62. The van der Waals surface area contributed by atoms with Gasteiger partial charge in [0.05, 0.1) is 18.7 Å². The second-order valence-corrected chi connectivity index (χ2v) is 9.53. The van der Waals surface area contributed by atoms with Crippen LogP contribution < -0.4 is 9.64 Å². The Bertz CT molecular complexity index is 1220. The Balaban J connectivity index is 1.57. The monoisotopic (exact) mass is 472 g/mol. The number of nitrogens with zero attached hydrogens (tertiary/aromatic N) is 2. The van der Waals surface area contributed by atoms with E-state index < -0.39 is 12.0 Å². The predicted molar refractivity (Wildman–Crippen MR) is 137 cm³/mol. The van der Waals surface area contributed by atoms with Gasteiger partial charge in [-0.25, -0.2) is 0 Å². The number of aliphatic hydroxyl groups is 2. The van der Waals surface area contributed by atoms with Gasteiger partial charge in [0.1, 0.15) is 11.5 Å². The second-order valence-electron chi connectivity index (χ2n) is 9.53. The summed E-state index contributed by atoms with van der Waals surface area (Å²) in [5.74, 6) is 0.358. The van der Waals surface area contributed by atoms with Crippen LogP contribution in [0.5, 0.6) is 5.75 Å². The Morgan fingerprint density at radius 1 is 0.971 bits per heavy atom. The number of ketones is 1. The van der Waals surface area contributed by atoms with E-state index in [0.29, 0.717) is 16.9 Å². The van der Waals surface area contributed by atoms with Crippen molar-refractivity contribution in [1.29, 1.82) is 0 Å². The Hall–Kier alpha value is -3.51. The summed E-state index contributed by atoms with van der Waals surface area (Å²) in [6.45, 7) is 0. The van der Waals surface area contributed by atoms with E-state index in [-0.39, 0.29) is 17.7 Å². The van der Waals surface area contributed by atoms with E-state index in [2.05, 4.69) is 10.6 Å². The minimum Gasteiger partial charge on any atom is -0.507 e. The average molecular weight is 473 g/mol. The molecule has 2 heterocycles. The average Bonchev–Trinajstić information content (AvgIpc) is 3.44. The highest BCUT2D eigenvalue weighted by Crippen LogP contribution is 2.43. The first kappa shape index (κ1) is 23.2. The number of carbonyl (C=O) groups is 1. The molecule has 3 aromatic rings. The molecule has 1 aromatic heterocycles. The maximum absolute atomic E-state index is 13.4. The lowest BCUT2D eigenvalue weighted by Crippen LogP contribution is -2.42. The van der Waals surface area contributed by atoms with E-state index in [1.807, 2.05) is 48.5 Å². The van der Waals surface area contributed by atoms with Gasteiger partial charge < -0.3 is 24.4 Å². The SMILES string of the molecule is COc1ccc(C(O)=C2C(=O)C(O)N(c3ccc(-c4cccn4C)cc3)C2C2CCCCC2)cc1. The maximum atomic E-state index is 13.4. The van der Waals surface area contributed by atoms with Crippen molar-refractivity contribution in [1.82, 2.24) is 4.57 Å². The highest BCUT2D eigenvalue weighted by molar-refractivity contribution is 6.10. The highest BCUT2D eigenvalue weighted by Gasteiger charge is 2.49. The predicted octanol–water partition coefficient (Wildman–Crippen LogP) is 5.33. The number of hydrogen-bond donors (Lipinski definition) is 2. The first-order valence-corrected chi connectivity index (χ1v) is 12.3. The largest absolute Gasteiger partial charge is 0.507 e. The van der Waals surface area contributed by atoms with Crippen LogP contribution in [0.2, 0.25) is 0 Å². The third-order valence-corrected chi connectivity index (χ3v) is 7.48. The molecular formula is C29H32N2O4. The van der Waals surface area contributed by atoms with Gasteiger partial charge in [-0.05, 0) is 72.9 Å². The van der Waals surface area contributed by atoms with E-state index in [0.717, 1.165) is 42.6 Å². The van der Waals surface area contributed by atoms with E-state index in [1.54, 1.807) is 31.4 Å². The van der Waals surface area contributed by atoms with E-state index >= 15 is 0 Å². The molecule has 2 aromatic carbocycles. The van der Waals surface area contributed by atoms with Crippen LogP contribution in [0.4, 0.5) is 5.69 Å². The third-order valence-electron chi connectivity index (χ3n) is 7.48. The van der Waals surface area contributed by atoms with Gasteiger partial charge in [-0.1, -0.05) is 31.4 Å². The van der Waals surface area contributed by atoms with E-state index in [4.69, 9.17) is 4.74 Å². The summed E-state index contributed by atoms with van der Waals surface area (Å²) in [6, 6.07) is 18.6. The topological polar surface area (TPSA) is 74.9 Å². The van der Waals surface area contributed by atoms with E-state index in [1.165, 1.54) is 6.42 Å². The van der Waals surface area contributed by atoms with Crippen molar-refractivity contribution in [3.8, 4) is 17.0 Å². The molecule has 35 heavy (non-hydrogen) atoms. The van der Waals surface area contributed by atoms with Crippen LogP contribution in [-0.4, -0.2) is 39.9 Å². The summed E-state index contributed by atoms with van der Waals surface area (Å²) in [4.78, 5) is 15.2. The number of anilines is 1. The molecule has 6 heteroatoms. The smallest absolute Gasteiger partial charge is 0.213 e. The molecule has 0 bridgehead atoms. The maximum Gasteiger partial charge on any atom is 0.213 e. The lowest BCUT2D eigenvalue weighted by Gasteiger charge is -2.36. The first-order valence-electron chi connectivity index (χ1n) is 12.3. The molecule has 2 unspecified atom stereocenters. The number of hydrogen-bond acceptors (Lipinski definition) is 5. The Morgan fingerprint density at radius 2 is 1.66 bits per heavy atom. The van der Waals surface area contributed by atoms with Gasteiger partial charge in [0.25, 0.3) is 0 Å². The summed E-state index contributed by atoms with van der Waals surface area (Å²) in [6.07, 6.45) is 5.94. The molecule has 182 valence electrons. The normalized spacial score (nSPS) is 22.5. The van der Waals surface area contributed by atoms with E-state index in [9.17, 15) is 15.0 Å². The molecule has 1 aliphatic carbocycles. The van der Waals surface area contributed by atoms with Gasteiger partial charge in [0, 0.05) is 30.2 Å². The molecule has 0 amide bonds. The number of aliphatic hydroxyl groups excluding tert-OH is 2. The van der Waals surface area contributed by atoms with Crippen molar-refractivity contribution < 1.29 is 19.7 Å². The fourth-order valence-electron chi connectivity index (χ4n) is 5.64. The standard InChI is InChI=1S/C29H32N2O4/c1-30-18-6-9-24(30)19-10-14-22(15-11-19)31-26(20-7-4-3-5-8-20)25(28(33)29(31)34)27(32)21-12-16-23(35-2)17-13-21/h6,9-18,20,26,29,32,34H,3-5,7-8H2,1-2H3. The number of methoxy groups -OCH3 is 1. The van der Waals surface area contributed by atoms with Crippen molar-refractivity contribution in [2.24, 2.45) is 13.0 Å². The zero-order valence-corrected chi connectivity index (χ0v) is 20.2. The van der Waals surface area contributed by atoms with Crippen LogP contribution >= 0.6 is 0 Å². The summed E-state index contributed by atoms with van der Waals surface area (Å²) < 4.78 is 7.29. The molecule has 2 fully saturated rings. The number of benzene rings is 2. The Kier molecular flexibility index (Phi) is 6.39. The Labute approximate surface area is 206 Å². The fourth-order valence-corrected chi connectivity index (χ4v) is 5.64. The van der Waals surface area contributed by atoms with Gasteiger partial charge in [0.15, 0.2) is 6.23 Å². The van der Waals surface area contributed by atoms with Gasteiger partial charge in [0.2, 0.25) is 5.78 Å². The number of Topliss-reactive ketones (excluding diaryl/α,β-unsaturated/α-hetero) is 1. The molecule has 0 radical (unpaired) electrons. The Morgan fingerprint density at radius 3 is 2.26 bits per heavy atom. The number of rotatable bonds is 5. The first-order chi connectivity index (χ1) is 17.0. The number of ether oxygens (including phenoxy) is 1. The van der Waals surface area contributed by atoms with Gasteiger partial charge in [-0.3, -0.25) is 4.79 Å². The molecule has 1 aliphatic heterocycles. The van der Waals surface area contributed by atoms with Crippen LogP contribution in [0.1, 0.15) is 37.7 Å². The van der Waals surface area contributed by atoms with Crippen LogP contribution in [0.25, 0.3) is 17.0 Å². The molecule has 1 saturated carbocycles. The molecule has 1 saturated heterocycles. The third kappa shape index (κ3) is 4.23.